The van der Waals surface area contributed by atoms with E-state index in [9.17, 15) is 9.18 Å². The minimum absolute atomic E-state index is 0.221. The van der Waals surface area contributed by atoms with Gasteiger partial charge in [-0.3, -0.25) is 4.79 Å². The summed E-state index contributed by atoms with van der Waals surface area (Å²) < 4.78 is 12.8. The SMILES string of the molecule is CCN1CCC(=O)C(F)CC1. The van der Waals surface area contributed by atoms with Crippen molar-refractivity contribution in [3.63, 3.8) is 0 Å². The van der Waals surface area contributed by atoms with Crippen LogP contribution in [0, 0.1) is 0 Å². The van der Waals surface area contributed by atoms with Crippen LogP contribution >= 0.6 is 0 Å². The Morgan fingerprint density at radius 3 is 3.00 bits per heavy atom. The lowest BCUT2D eigenvalue weighted by Gasteiger charge is -2.15. The summed E-state index contributed by atoms with van der Waals surface area (Å²) in [6, 6.07) is 0. The number of Topliss-reactive ketones (excluding diaryl/α,β-unsaturated/α-hetero) is 1. The molecular weight excluding hydrogens is 145 g/mol. The van der Waals surface area contributed by atoms with Crippen LogP contribution in [0.1, 0.15) is 19.8 Å². The number of nitrogens with zero attached hydrogens (tertiary/aromatic N) is 1. The standard InChI is InChI=1S/C8H14FNO/c1-2-10-5-3-7(9)8(11)4-6-10/h7H,2-6H2,1H3. The van der Waals surface area contributed by atoms with Crippen LogP contribution in [-0.2, 0) is 4.79 Å². The second-order valence-corrected chi connectivity index (χ2v) is 2.91. The molecule has 1 unspecified atom stereocenters. The predicted molar refractivity (Wildman–Crippen MR) is 41.3 cm³/mol. The molecule has 0 N–H and O–H groups in total. The summed E-state index contributed by atoms with van der Waals surface area (Å²) in [5.74, 6) is -0.221. The van der Waals surface area contributed by atoms with Crippen LogP contribution < -0.4 is 0 Å². The molecule has 2 nitrogen and oxygen atoms in total. The number of hydrogen-bond donors (Lipinski definition) is 0. The summed E-state index contributed by atoms with van der Waals surface area (Å²) in [6.45, 7) is 4.40. The second kappa shape index (κ2) is 3.81. The fraction of sp³-hybridized carbons (Fsp3) is 0.875. The van der Waals surface area contributed by atoms with Crippen LogP contribution in [0.2, 0.25) is 0 Å². The minimum Gasteiger partial charge on any atom is -0.303 e. The third-order valence-electron chi connectivity index (χ3n) is 2.17. The van der Waals surface area contributed by atoms with Crippen LogP contribution in [0.4, 0.5) is 4.39 Å². The van der Waals surface area contributed by atoms with Crippen molar-refractivity contribution in [1.82, 2.24) is 4.90 Å². The fourth-order valence-corrected chi connectivity index (χ4v) is 1.31. The maximum Gasteiger partial charge on any atom is 0.168 e. The highest BCUT2D eigenvalue weighted by atomic mass is 19.1. The number of carbonyl (C=O) groups excluding carboxylic acids is 1. The first kappa shape index (κ1) is 8.65. The molecule has 1 heterocycles. The molecule has 0 radical (unpaired) electrons. The van der Waals surface area contributed by atoms with E-state index in [-0.39, 0.29) is 5.78 Å². The molecule has 1 fully saturated rings. The normalized spacial score (nSPS) is 28.5. The molecule has 1 aliphatic heterocycles. The molecule has 1 atom stereocenters. The highest BCUT2D eigenvalue weighted by Crippen LogP contribution is 2.09. The van der Waals surface area contributed by atoms with Gasteiger partial charge in [0, 0.05) is 19.5 Å². The zero-order chi connectivity index (χ0) is 8.27. The van der Waals surface area contributed by atoms with Gasteiger partial charge in [0.2, 0.25) is 0 Å². The summed E-state index contributed by atoms with van der Waals surface area (Å²) in [6.07, 6.45) is -0.437. The molecule has 3 heteroatoms. The van der Waals surface area contributed by atoms with Crippen LogP contribution in [0.25, 0.3) is 0 Å². The molecular formula is C8H14FNO. The van der Waals surface area contributed by atoms with Gasteiger partial charge in [-0.05, 0) is 13.0 Å². The molecule has 1 saturated heterocycles. The van der Waals surface area contributed by atoms with Gasteiger partial charge in [0.25, 0.3) is 0 Å². The Hall–Kier alpha value is -0.440. The largest absolute Gasteiger partial charge is 0.303 e. The molecule has 1 aliphatic rings. The van der Waals surface area contributed by atoms with Crippen molar-refractivity contribution < 1.29 is 9.18 Å². The van der Waals surface area contributed by atoms with Gasteiger partial charge in [0.15, 0.2) is 12.0 Å². The summed E-state index contributed by atoms with van der Waals surface area (Å²) in [7, 11) is 0. The number of hydrogen-bond acceptors (Lipinski definition) is 2. The quantitative estimate of drug-likeness (QED) is 0.569. The molecule has 0 bridgehead atoms. The van der Waals surface area contributed by atoms with Gasteiger partial charge >= 0.3 is 0 Å². The van der Waals surface area contributed by atoms with Crippen molar-refractivity contribution in [2.45, 2.75) is 25.9 Å². The fourth-order valence-electron chi connectivity index (χ4n) is 1.31. The van der Waals surface area contributed by atoms with E-state index >= 15 is 0 Å². The van der Waals surface area contributed by atoms with Gasteiger partial charge in [0.1, 0.15) is 0 Å². The second-order valence-electron chi connectivity index (χ2n) is 2.91. The van der Waals surface area contributed by atoms with Crippen molar-refractivity contribution in [3.05, 3.63) is 0 Å². The van der Waals surface area contributed by atoms with Gasteiger partial charge in [0.05, 0.1) is 0 Å². The van der Waals surface area contributed by atoms with Crippen molar-refractivity contribution in [3.8, 4) is 0 Å². The first-order valence-corrected chi connectivity index (χ1v) is 4.13. The highest BCUT2D eigenvalue weighted by Gasteiger charge is 2.22. The zero-order valence-corrected chi connectivity index (χ0v) is 6.85. The topological polar surface area (TPSA) is 20.3 Å². The maximum atomic E-state index is 12.8. The first-order chi connectivity index (χ1) is 5.24. The van der Waals surface area contributed by atoms with Gasteiger partial charge in [-0.25, -0.2) is 4.39 Å². The average molecular weight is 159 g/mol. The molecule has 0 aromatic heterocycles. The van der Waals surface area contributed by atoms with E-state index in [0.29, 0.717) is 12.8 Å². The Labute approximate surface area is 66.4 Å². The maximum absolute atomic E-state index is 12.8. The van der Waals surface area contributed by atoms with E-state index < -0.39 is 6.17 Å². The molecule has 0 aromatic carbocycles. The van der Waals surface area contributed by atoms with Crippen molar-refractivity contribution >= 4 is 5.78 Å². The number of likely N-dealkylation sites (tertiary alicyclic amines) is 1. The number of rotatable bonds is 1. The molecule has 0 spiro atoms. The Balaban J connectivity index is 2.44. The van der Waals surface area contributed by atoms with Crippen molar-refractivity contribution in [2.24, 2.45) is 0 Å². The molecule has 11 heavy (non-hydrogen) atoms. The first-order valence-electron chi connectivity index (χ1n) is 4.13. The van der Waals surface area contributed by atoms with Crippen LogP contribution in [0.5, 0.6) is 0 Å². The summed E-state index contributed by atoms with van der Waals surface area (Å²) in [4.78, 5) is 13.0. The van der Waals surface area contributed by atoms with E-state index in [0.717, 1.165) is 19.6 Å². The predicted octanol–water partition coefficient (Wildman–Crippen LogP) is 1.01. The average Bonchev–Trinajstić information content (AvgIpc) is 2.16. The van der Waals surface area contributed by atoms with E-state index in [1.807, 2.05) is 6.92 Å². The highest BCUT2D eigenvalue weighted by molar-refractivity contribution is 5.83. The van der Waals surface area contributed by atoms with Crippen LogP contribution in [0.15, 0.2) is 0 Å². The van der Waals surface area contributed by atoms with Crippen molar-refractivity contribution in [1.29, 1.82) is 0 Å². The Kier molecular flexibility index (Phi) is 3.00. The van der Waals surface area contributed by atoms with E-state index in [1.165, 1.54) is 0 Å². The summed E-state index contributed by atoms with van der Waals surface area (Å²) in [5, 5.41) is 0. The lowest BCUT2D eigenvalue weighted by Crippen LogP contribution is -2.24. The van der Waals surface area contributed by atoms with Gasteiger partial charge in [-0.2, -0.15) is 0 Å². The molecule has 64 valence electrons. The smallest absolute Gasteiger partial charge is 0.168 e. The minimum atomic E-state index is -1.20. The number of ketones is 1. The molecule has 0 aliphatic carbocycles. The lowest BCUT2D eigenvalue weighted by atomic mass is 10.2. The van der Waals surface area contributed by atoms with Gasteiger partial charge in [-0.15, -0.1) is 0 Å². The van der Waals surface area contributed by atoms with E-state index in [4.69, 9.17) is 0 Å². The van der Waals surface area contributed by atoms with E-state index in [2.05, 4.69) is 4.90 Å². The van der Waals surface area contributed by atoms with E-state index in [1.54, 1.807) is 0 Å². The lowest BCUT2D eigenvalue weighted by molar-refractivity contribution is -0.123. The molecule has 0 amide bonds. The van der Waals surface area contributed by atoms with Gasteiger partial charge < -0.3 is 4.90 Å². The van der Waals surface area contributed by atoms with Crippen LogP contribution in [0.3, 0.4) is 0 Å². The monoisotopic (exact) mass is 159 g/mol. The number of alkyl halides is 1. The Bertz CT molecular complexity index is 149. The van der Waals surface area contributed by atoms with Gasteiger partial charge in [-0.1, -0.05) is 6.92 Å². The summed E-state index contributed by atoms with van der Waals surface area (Å²) in [5.41, 5.74) is 0. The zero-order valence-electron chi connectivity index (χ0n) is 6.85. The third kappa shape index (κ3) is 2.26. The molecule has 0 saturated carbocycles. The Morgan fingerprint density at radius 1 is 1.64 bits per heavy atom. The van der Waals surface area contributed by atoms with Crippen LogP contribution in [-0.4, -0.2) is 36.5 Å². The number of carbonyl (C=O) groups is 1. The van der Waals surface area contributed by atoms with Crippen molar-refractivity contribution in [2.75, 3.05) is 19.6 Å². The summed E-state index contributed by atoms with van der Waals surface area (Å²) >= 11 is 0. The molecule has 0 aromatic rings. The number of halogens is 1. The molecule has 1 rings (SSSR count). The Morgan fingerprint density at radius 2 is 2.36 bits per heavy atom. The third-order valence-corrected chi connectivity index (χ3v) is 2.17.